The highest BCUT2D eigenvalue weighted by molar-refractivity contribution is 7.09. The van der Waals surface area contributed by atoms with Crippen molar-refractivity contribution in [2.75, 3.05) is 13.2 Å². The third-order valence-electron chi connectivity index (χ3n) is 5.03. The van der Waals surface area contributed by atoms with E-state index in [4.69, 9.17) is 9.15 Å². The first-order chi connectivity index (χ1) is 14.6. The Kier molecular flexibility index (Phi) is 6.54. The Morgan fingerprint density at radius 2 is 2.20 bits per heavy atom. The fraction of sp³-hybridized carbons (Fsp3) is 0.364. The number of nitrogens with zero attached hydrogens (tertiary/aromatic N) is 2. The van der Waals surface area contributed by atoms with Gasteiger partial charge in [-0.25, -0.2) is 13.8 Å². The Bertz CT molecular complexity index is 984. The highest BCUT2D eigenvalue weighted by atomic mass is 32.1. The lowest BCUT2D eigenvalue weighted by Crippen LogP contribution is -2.36. The summed E-state index contributed by atoms with van der Waals surface area (Å²) >= 11 is 1.62. The second-order valence-corrected chi connectivity index (χ2v) is 8.26. The fourth-order valence-electron chi connectivity index (χ4n) is 3.49. The van der Waals surface area contributed by atoms with Crippen LogP contribution in [-0.4, -0.2) is 35.0 Å². The van der Waals surface area contributed by atoms with E-state index in [1.54, 1.807) is 11.3 Å². The number of aryl methyl sites for hydroxylation is 1. The highest BCUT2D eigenvalue weighted by Crippen LogP contribution is 2.25. The topological polar surface area (TPSA) is 55.6 Å². The van der Waals surface area contributed by atoms with E-state index in [1.165, 1.54) is 12.3 Å². The zero-order valence-electron chi connectivity index (χ0n) is 16.4. The minimum Gasteiger partial charge on any atom is -0.441 e. The average molecular weight is 432 g/mol. The van der Waals surface area contributed by atoms with Gasteiger partial charge in [-0.15, -0.1) is 11.3 Å². The quantitative estimate of drug-likeness (QED) is 0.512. The summed E-state index contributed by atoms with van der Waals surface area (Å²) in [5.74, 6) is -0.822. The lowest BCUT2D eigenvalue weighted by molar-refractivity contribution is -0.133. The smallest absolute Gasteiger partial charge is 0.223 e. The van der Waals surface area contributed by atoms with E-state index in [0.717, 1.165) is 36.5 Å². The van der Waals surface area contributed by atoms with Gasteiger partial charge in [-0.05, 0) is 36.4 Å². The lowest BCUT2D eigenvalue weighted by Gasteiger charge is -2.25. The maximum absolute atomic E-state index is 13.9. The van der Waals surface area contributed by atoms with Crippen LogP contribution in [0.5, 0.6) is 0 Å². The number of carbonyl (C=O) groups excluding carboxylic acids is 1. The van der Waals surface area contributed by atoms with E-state index in [-0.39, 0.29) is 29.8 Å². The molecule has 0 radical (unpaired) electrons. The molecule has 8 heteroatoms. The maximum atomic E-state index is 13.9. The average Bonchev–Trinajstić information content (AvgIpc) is 3.49. The molecule has 0 bridgehead atoms. The number of hydrogen-bond donors (Lipinski definition) is 0. The van der Waals surface area contributed by atoms with Crippen LogP contribution in [0.15, 0.2) is 46.3 Å². The standard InChI is InChI=1S/C22H22F2N2O3S/c23-15-5-6-18(19(24)11-15)20-12-25-21(29-20)7-8-22(27)26(13-16-3-1-9-28-16)14-17-4-2-10-30-17/h2,4-6,10-12,16H,1,3,7-9,13-14H2. The van der Waals surface area contributed by atoms with Crippen LogP contribution in [0.3, 0.4) is 0 Å². The first kappa shape index (κ1) is 20.7. The molecule has 2 aromatic heterocycles. The molecule has 0 saturated carbocycles. The molecule has 0 N–H and O–H groups in total. The zero-order chi connectivity index (χ0) is 20.9. The molecule has 3 heterocycles. The molecule has 1 saturated heterocycles. The molecule has 4 rings (SSSR count). The third-order valence-corrected chi connectivity index (χ3v) is 5.89. The zero-order valence-corrected chi connectivity index (χ0v) is 17.2. The molecule has 1 atom stereocenters. The van der Waals surface area contributed by atoms with Gasteiger partial charge in [0.1, 0.15) is 11.6 Å². The maximum Gasteiger partial charge on any atom is 0.223 e. The molecule has 1 unspecified atom stereocenters. The van der Waals surface area contributed by atoms with Crippen LogP contribution in [0, 0.1) is 11.6 Å². The van der Waals surface area contributed by atoms with Crippen molar-refractivity contribution in [1.82, 2.24) is 9.88 Å². The number of oxazole rings is 1. The molecule has 3 aromatic rings. The van der Waals surface area contributed by atoms with Crippen molar-refractivity contribution in [2.24, 2.45) is 0 Å². The van der Waals surface area contributed by atoms with E-state index in [2.05, 4.69) is 4.98 Å². The molecule has 1 aliphatic rings. The van der Waals surface area contributed by atoms with E-state index < -0.39 is 11.6 Å². The van der Waals surface area contributed by atoms with Crippen LogP contribution < -0.4 is 0 Å². The van der Waals surface area contributed by atoms with Gasteiger partial charge in [0.05, 0.1) is 24.4 Å². The van der Waals surface area contributed by atoms with Crippen molar-refractivity contribution in [3.8, 4) is 11.3 Å². The normalized spacial score (nSPS) is 16.1. The molecule has 1 amide bonds. The van der Waals surface area contributed by atoms with Crippen molar-refractivity contribution in [3.05, 3.63) is 64.3 Å². The van der Waals surface area contributed by atoms with Gasteiger partial charge in [0.25, 0.3) is 0 Å². The molecule has 5 nitrogen and oxygen atoms in total. The molecular formula is C22H22F2N2O3S. The molecule has 158 valence electrons. The predicted octanol–water partition coefficient (Wildman–Crippen LogP) is 4.82. The molecule has 0 spiro atoms. The fourth-order valence-corrected chi connectivity index (χ4v) is 4.21. The van der Waals surface area contributed by atoms with Gasteiger partial charge in [-0.1, -0.05) is 6.07 Å². The number of halogens is 2. The van der Waals surface area contributed by atoms with Crippen molar-refractivity contribution in [1.29, 1.82) is 0 Å². The largest absolute Gasteiger partial charge is 0.441 e. The molecule has 1 aromatic carbocycles. The van der Waals surface area contributed by atoms with Crippen molar-refractivity contribution < 1.29 is 22.7 Å². The number of hydrogen-bond acceptors (Lipinski definition) is 5. The van der Waals surface area contributed by atoms with Crippen molar-refractivity contribution in [3.63, 3.8) is 0 Å². The summed E-state index contributed by atoms with van der Waals surface area (Å²) in [6, 6.07) is 7.26. The van der Waals surface area contributed by atoms with Gasteiger partial charge in [0.15, 0.2) is 11.7 Å². The predicted molar refractivity (Wildman–Crippen MR) is 109 cm³/mol. The summed E-state index contributed by atoms with van der Waals surface area (Å²) in [7, 11) is 0. The number of ether oxygens (including phenoxy) is 1. The summed E-state index contributed by atoms with van der Waals surface area (Å²) in [4.78, 5) is 20.0. The summed E-state index contributed by atoms with van der Waals surface area (Å²) in [5.41, 5.74) is 0.138. The van der Waals surface area contributed by atoms with Gasteiger partial charge in [-0.3, -0.25) is 4.79 Å². The molecular weight excluding hydrogens is 410 g/mol. The Morgan fingerprint density at radius 3 is 2.93 bits per heavy atom. The molecule has 30 heavy (non-hydrogen) atoms. The Balaban J connectivity index is 1.39. The molecule has 1 fully saturated rings. The Hall–Kier alpha value is -2.58. The van der Waals surface area contributed by atoms with E-state index in [1.807, 2.05) is 22.4 Å². The van der Waals surface area contributed by atoms with Crippen LogP contribution in [0.4, 0.5) is 8.78 Å². The number of amides is 1. The van der Waals surface area contributed by atoms with Crippen LogP contribution in [0.1, 0.15) is 30.0 Å². The van der Waals surface area contributed by atoms with Gasteiger partial charge < -0.3 is 14.1 Å². The molecule has 0 aliphatic carbocycles. The van der Waals surface area contributed by atoms with Gasteiger partial charge in [-0.2, -0.15) is 0 Å². The summed E-state index contributed by atoms with van der Waals surface area (Å²) in [5, 5.41) is 1.99. The van der Waals surface area contributed by atoms with Gasteiger partial charge in [0.2, 0.25) is 5.91 Å². The van der Waals surface area contributed by atoms with Crippen molar-refractivity contribution in [2.45, 2.75) is 38.3 Å². The number of thiophene rings is 1. The monoisotopic (exact) mass is 432 g/mol. The molecule has 1 aliphatic heterocycles. The minimum absolute atomic E-state index is 0.00777. The first-order valence-corrected chi connectivity index (χ1v) is 10.8. The first-order valence-electron chi connectivity index (χ1n) is 9.90. The van der Waals surface area contributed by atoms with Crippen LogP contribution in [0.25, 0.3) is 11.3 Å². The minimum atomic E-state index is -0.715. The van der Waals surface area contributed by atoms with E-state index in [0.29, 0.717) is 25.4 Å². The summed E-state index contributed by atoms with van der Waals surface area (Å²) < 4.78 is 38.3. The second kappa shape index (κ2) is 9.49. The Morgan fingerprint density at radius 1 is 1.30 bits per heavy atom. The number of rotatable bonds is 8. The summed E-state index contributed by atoms with van der Waals surface area (Å²) in [6.45, 7) is 1.85. The lowest BCUT2D eigenvalue weighted by atomic mass is 10.2. The summed E-state index contributed by atoms with van der Waals surface area (Å²) in [6.07, 6.45) is 3.97. The van der Waals surface area contributed by atoms with Crippen molar-refractivity contribution >= 4 is 17.2 Å². The third kappa shape index (κ3) is 5.12. The number of aromatic nitrogens is 1. The second-order valence-electron chi connectivity index (χ2n) is 7.23. The van der Waals surface area contributed by atoms with Gasteiger partial charge >= 0.3 is 0 Å². The van der Waals surface area contributed by atoms with E-state index in [9.17, 15) is 13.6 Å². The van der Waals surface area contributed by atoms with Crippen LogP contribution >= 0.6 is 11.3 Å². The highest BCUT2D eigenvalue weighted by Gasteiger charge is 2.23. The SMILES string of the molecule is O=C(CCc1ncc(-c2ccc(F)cc2F)o1)N(Cc1cccs1)CC1CCCO1. The van der Waals surface area contributed by atoms with E-state index >= 15 is 0 Å². The Labute approximate surface area is 177 Å². The number of benzene rings is 1. The van der Waals surface area contributed by atoms with Gasteiger partial charge in [0, 0.05) is 36.9 Å². The van der Waals surface area contributed by atoms with Crippen LogP contribution in [0.2, 0.25) is 0 Å². The number of carbonyl (C=O) groups is 1. The van der Waals surface area contributed by atoms with Crippen LogP contribution in [-0.2, 0) is 22.5 Å².